The van der Waals surface area contributed by atoms with Crippen molar-refractivity contribution in [3.05, 3.63) is 42.6 Å². The van der Waals surface area contributed by atoms with Crippen LogP contribution in [0.1, 0.15) is 52.7 Å². The van der Waals surface area contributed by atoms with Gasteiger partial charge in [-0.2, -0.15) is 0 Å². The zero-order chi connectivity index (χ0) is 17.9. The van der Waals surface area contributed by atoms with Crippen molar-refractivity contribution in [1.82, 2.24) is 13.2 Å². The molecule has 0 atom stereocenters. The van der Waals surface area contributed by atoms with E-state index in [9.17, 15) is 19.5 Å². The van der Waals surface area contributed by atoms with E-state index in [2.05, 4.69) is 0 Å². The summed E-state index contributed by atoms with van der Waals surface area (Å²) >= 11 is 0. The zero-order valence-corrected chi connectivity index (χ0v) is 14.5. The molecule has 4 aromatic heterocycles. The van der Waals surface area contributed by atoms with Gasteiger partial charge in [-0.15, -0.1) is 0 Å². The van der Waals surface area contributed by atoms with E-state index in [1.807, 2.05) is 41.5 Å². The summed E-state index contributed by atoms with van der Waals surface area (Å²) in [6.45, 7) is 11.4. The molecule has 24 heavy (non-hydrogen) atoms. The average Bonchev–Trinajstić information content (AvgIpc) is 2.75. The number of rotatable bonds is 0. The molecule has 0 fully saturated rings. The van der Waals surface area contributed by atoms with Crippen LogP contribution in [0.15, 0.2) is 14.4 Å². The van der Waals surface area contributed by atoms with Crippen molar-refractivity contribution in [3.63, 3.8) is 0 Å². The number of hydrogen-bond acceptors (Lipinski definition) is 4. The lowest BCUT2D eigenvalue weighted by Crippen LogP contribution is -2.43. The molecule has 5 rings (SSSR count). The summed E-state index contributed by atoms with van der Waals surface area (Å²) in [5.74, 6) is 0.0515. The fourth-order valence-corrected chi connectivity index (χ4v) is 3.89. The van der Waals surface area contributed by atoms with Crippen molar-refractivity contribution in [2.45, 2.75) is 52.4 Å². The number of aromatic hydroxyl groups is 1. The molecule has 1 N–H and O–H groups in total. The molecule has 0 aliphatic rings. The fourth-order valence-electron chi connectivity index (χ4n) is 3.89. The molecule has 0 saturated carbocycles. The lowest BCUT2D eigenvalue weighted by Gasteiger charge is -2.29. The average molecular weight is 329 g/mol. The van der Waals surface area contributed by atoms with E-state index < -0.39 is 27.9 Å². The number of aromatic nitrogens is 3. The molecule has 1 aromatic carbocycles. The summed E-state index contributed by atoms with van der Waals surface area (Å²) in [6, 6.07) is 0. The van der Waals surface area contributed by atoms with Crippen molar-refractivity contribution in [1.29, 1.82) is 0 Å². The van der Waals surface area contributed by atoms with Crippen LogP contribution >= 0.6 is 0 Å². The predicted octanol–water partition coefficient (Wildman–Crippen LogP) is 1.14. The highest BCUT2D eigenvalue weighted by Crippen LogP contribution is 2.46. The van der Waals surface area contributed by atoms with Crippen LogP contribution < -0.4 is 17.1 Å². The second-order valence-electron chi connectivity index (χ2n) is 8.50. The highest BCUT2D eigenvalue weighted by Gasteiger charge is 2.38. The predicted molar refractivity (Wildman–Crippen MR) is 90.7 cm³/mol. The van der Waals surface area contributed by atoms with Crippen LogP contribution in [0.2, 0.25) is 0 Å². The third-order valence-corrected chi connectivity index (χ3v) is 4.71. The van der Waals surface area contributed by atoms with E-state index in [-0.39, 0.29) is 5.75 Å². The Labute approximate surface area is 136 Å². The molecule has 4 heterocycles. The van der Waals surface area contributed by atoms with Gasteiger partial charge in [-0.05, 0) is 10.8 Å². The van der Waals surface area contributed by atoms with Crippen molar-refractivity contribution in [2.24, 2.45) is 0 Å². The molecule has 0 unspecified atom stereocenters. The third-order valence-electron chi connectivity index (χ3n) is 4.71. The SMILES string of the molecule is CC(C)(C)c1c(O)c(C(C)(C)C)c2c3c1n1c(=O)n2c(=O)n3c1=O. The topological polar surface area (TPSA) is 84.7 Å². The van der Waals surface area contributed by atoms with Crippen molar-refractivity contribution in [2.75, 3.05) is 0 Å². The first-order valence-electron chi connectivity index (χ1n) is 7.85. The van der Waals surface area contributed by atoms with Crippen molar-refractivity contribution < 1.29 is 5.11 Å². The Hall–Kier alpha value is -2.57. The van der Waals surface area contributed by atoms with Crippen LogP contribution in [0, 0.1) is 0 Å². The molecule has 0 aliphatic heterocycles. The molecular formula is C17H19N3O4. The molecule has 0 radical (unpaired) electrons. The van der Waals surface area contributed by atoms with Crippen molar-refractivity contribution in [3.8, 4) is 5.75 Å². The Kier molecular flexibility index (Phi) is 2.33. The quantitative estimate of drug-likeness (QED) is 0.524. The third kappa shape index (κ3) is 1.37. The van der Waals surface area contributed by atoms with Crippen LogP contribution in [0.4, 0.5) is 0 Å². The minimum atomic E-state index is -0.663. The minimum absolute atomic E-state index is 0.0515. The van der Waals surface area contributed by atoms with Gasteiger partial charge in [-0.25, -0.2) is 27.6 Å². The summed E-state index contributed by atoms with van der Waals surface area (Å²) in [7, 11) is 0. The first-order valence-corrected chi connectivity index (χ1v) is 7.85. The molecular weight excluding hydrogens is 310 g/mol. The number of imidazole rings is 2. The highest BCUT2D eigenvalue weighted by molar-refractivity contribution is 6.01. The standard InChI is InChI=1S/C17H19N3O4/c1-16(2,3)7-9-11-10(8(12(7)21)17(4,5)6)19-13(22)18(9)14(23)20(11)15(19)24/h21H,1-6H3. The Morgan fingerprint density at radius 3 is 1.21 bits per heavy atom. The van der Waals surface area contributed by atoms with Gasteiger partial charge in [-0.3, -0.25) is 0 Å². The molecule has 0 spiro atoms. The van der Waals surface area contributed by atoms with Crippen LogP contribution in [0.3, 0.4) is 0 Å². The van der Waals surface area contributed by atoms with Crippen molar-refractivity contribution >= 4 is 16.6 Å². The van der Waals surface area contributed by atoms with Gasteiger partial charge in [0.2, 0.25) is 0 Å². The smallest absolute Gasteiger partial charge is 0.345 e. The van der Waals surface area contributed by atoms with E-state index in [1.54, 1.807) is 0 Å². The summed E-state index contributed by atoms with van der Waals surface area (Å²) in [5.41, 5.74) is -0.860. The van der Waals surface area contributed by atoms with Crippen LogP contribution in [0.25, 0.3) is 16.6 Å². The Bertz CT molecular complexity index is 1180. The maximum atomic E-state index is 12.7. The number of nitrogens with zero attached hydrogens (tertiary/aromatic N) is 3. The van der Waals surface area contributed by atoms with E-state index in [0.29, 0.717) is 27.7 Å². The number of phenolic OH excluding ortho intramolecular Hbond substituents is 1. The van der Waals surface area contributed by atoms with Gasteiger partial charge in [0.05, 0.1) is 11.0 Å². The molecule has 0 amide bonds. The zero-order valence-electron chi connectivity index (χ0n) is 14.5. The van der Waals surface area contributed by atoms with Crippen LogP contribution in [-0.2, 0) is 10.8 Å². The van der Waals surface area contributed by atoms with E-state index in [1.165, 1.54) is 0 Å². The van der Waals surface area contributed by atoms with Gasteiger partial charge in [0, 0.05) is 11.1 Å². The molecule has 6 bridgehead atoms. The monoisotopic (exact) mass is 329 g/mol. The molecule has 5 aromatic rings. The van der Waals surface area contributed by atoms with Gasteiger partial charge >= 0.3 is 17.1 Å². The van der Waals surface area contributed by atoms with Gasteiger partial charge in [0.25, 0.3) is 0 Å². The summed E-state index contributed by atoms with van der Waals surface area (Å²) in [6.07, 6.45) is 0. The second kappa shape index (κ2) is 3.74. The van der Waals surface area contributed by atoms with E-state index >= 15 is 0 Å². The van der Waals surface area contributed by atoms with Gasteiger partial charge in [0.15, 0.2) is 0 Å². The minimum Gasteiger partial charge on any atom is -0.507 e. The maximum absolute atomic E-state index is 12.7. The summed E-state index contributed by atoms with van der Waals surface area (Å²) in [4.78, 5) is 37.8. The first-order chi connectivity index (χ1) is 10.9. The Morgan fingerprint density at radius 2 is 0.917 bits per heavy atom. The van der Waals surface area contributed by atoms with Crippen LogP contribution in [0.5, 0.6) is 5.75 Å². The first kappa shape index (κ1) is 15.0. The maximum Gasteiger partial charge on any atom is 0.345 e. The fraction of sp³-hybridized carbons (Fsp3) is 0.471. The largest absolute Gasteiger partial charge is 0.507 e. The number of phenols is 1. The lowest BCUT2D eigenvalue weighted by atomic mass is 9.78. The molecule has 7 nitrogen and oxygen atoms in total. The number of benzene rings is 1. The lowest BCUT2D eigenvalue weighted by molar-refractivity contribution is 0.426. The Morgan fingerprint density at radius 1 is 0.625 bits per heavy atom. The van der Waals surface area contributed by atoms with Gasteiger partial charge in [0.1, 0.15) is 11.3 Å². The molecule has 7 heteroatoms. The molecule has 126 valence electrons. The normalized spacial score (nSPS) is 14.1. The number of hydrogen-bond donors (Lipinski definition) is 1. The summed E-state index contributed by atoms with van der Waals surface area (Å²) < 4.78 is 3.03. The Balaban J connectivity index is 2.55. The molecule has 0 aliphatic carbocycles. The van der Waals surface area contributed by atoms with E-state index in [0.717, 1.165) is 13.2 Å². The van der Waals surface area contributed by atoms with Crippen LogP contribution in [-0.4, -0.2) is 18.3 Å². The molecule has 0 saturated heterocycles. The highest BCUT2D eigenvalue weighted by atomic mass is 16.3. The van der Waals surface area contributed by atoms with Gasteiger partial charge in [-0.1, -0.05) is 41.5 Å². The van der Waals surface area contributed by atoms with E-state index in [4.69, 9.17) is 0 Å². The van der Waals surface area contributed by atoms with Gasteiger partial charge < -0.3 is 5.11 Å². The second-order valence-corrected chi connectivity index (χ2v) is 8.50. The summed E-state index contributed by atoms with van der Waals surface area (Å²) in [5, 5.41) is 11.0.